The number of anilines is 2. The van der Waals surface area contributed by atoms with Gasteiger partial charge in [0.05, 0.1) is 17.7 Å². The maximum atomic E-state index is 7.00. The Morgan fingerprint density at radius 2 is 0.971 bits per heavy atom. The van der Waals surface area contributed by atoms with Crippen LogP contribution in [0.3, 0.4) is 0 Å². The molecule has 0 bridgehead atoms. The summed E-state index contributed by atoms with van der Waals surface area (Å²) in [5.41, 5.74) is 13.8. The minimum absolute atomic E-state index is 0.00461. The van der Waals surface area contributed by atoms with E-state index in [1.165, 1.54) is 44.2 Å². The molecule has 0 spiro atoms. The molecule has 0 radical (unpaired) electrons. The molecule has 346 valence electrons. The molecule has 0 atom stereocenters. The lowest BCUT2D eigenvalue weighted by Gasteiger charge is -2.33. The van der Waals surface area contributed by atoms with Gasteiger partial charge in [0.2, 0.25) is 0 Å². The predicted octanol–water partition coefficient (Wildman–Crippen LogP) is 16.6. The van der Waals surface area contributed by atoms with Crippen LogP contribution in [0.2, 0.25) is 0 Å². The highest BCUT2D eigenvalue weighted by atomic mass is 16.5. The van der Waals surface area contributed by atoms with E-state index < -0.39 is 0 Å². The van der Waals surface area contributed by atoms with Crippen molar-refractivity contribution >= 4 is 33.2 Å². The zero-order valence-electron chi connectivity index (χ0n) is 41.9. The second-order valence-electron chi connectivity index (χ2n) is 22.0. The Morgan fingerprint density at radius 3 is 1.57 bits per heavy atom. The molecular weight excluding hydrogens is 841 g/mol. The highest BCUT2D eigenvalue weighted by Crippen LogP contribution is 2.43. The van der Waals surface area contributed by atoms with Crippen LogP contribution in [0.5, 0.6) is 11.5 Å². The van der Waals surface area contributed by atoms with E-state index >= 15 is 0 Å². The van der Waals surface area contributed by atoms with Crippen molar-refractivity contribution in [2.24, 2.45) is 0 Å². The summed E-state index contributed by atoms with van der Waals surface area (Å²) in [5, 5.41) is 2.37. The fourth-order valence-corrected chi connectivity index (χ4v) is 9.82. The first kappa shape index (κ1) is 45.4. The lowest BCUT2D eigenvalue weighted by molar-refractivity contribution is 0.483. The number of benzene rings is 7. The predicted molar refractivity (Wildman–Crippen MR) is 290 cm³/mol. The van der Waals surface area contributed by atoms with Gasteiger partial charge in [-0.3, -0.25) is 4.57 Å². The summed E-state index contributed by atoms with van der Waals surface area (Å²) < 4.78 is 9.30. The standard InChI is InChI=1S/C64H64N4O/c1-61(2,3)48-26-29-58-57(39-48)56-28-27-54(42-59(56)68(58)60-40-49(30-31-65-60)62(4,5)6)69-55-35-45(44-20-14-11-15-21-44)34-52(41-55)66-32-33-67(43-66)53-37-50(63(7,8)46-22-16-12-17-23-46)36-51(38-53)64(9,10)47-24-18-13-19-25-47/h11-42H,43H2,1-10H3. The topological polar surface area (TPSA) is 33.5 Å². The second-order valence-corrected chi connectivity index (χ2v) is 22.0. The van der Waals surface area contributed by atoms with Crippen LogP contribution in [0.4, 0.5) is 11.4 Å². The van der Waals surface area contributed by atoms with Gasteiger partial charge in [0, 0.05) is 63.7 Å². The number of nitrogens with zero attached hydrogens (tertiary/aromatic N) is 4. The Bertz CT molecular complexity index is 3280. The number of ether oxygens (including phenoxy) is 1. The minimum atomic E-state index is -0.224. The summed E-state index contributed by atoms with van der Waals surface area (Å²) in [6, 6.07) is 63.9. The van der Waals surface area contributed by atoms with Crippen molar-refractivity contribution in [3.05, 3.63) is 228 Å². The van der Waals surface area contributed by atoms with E-state index in [-0.39, 0.29) is 21.7 Å². The molecular formula is C64H64N4O. The smallest absolute Gasteiger partial charge is 0.137 e. The summed E-state index contributed by atoms with van der Waals surface area (Å²) in [7, 11) is 0. The summed E-state index contributed by atoms with van der Waals surface area (Å²) in [6.45, 7) is 23.6. The first-order chi connectivity index (χ1) is 32.9. The Labute approximate surface area is 409 Å². The van der Waals surface area contributed by atoms with Gasteiger partial charge in [-0.05, 0) is 116 Å². The Kier molecular flexibility index (Phi) is 11.4. The van der Waals surface area contributed by atoms with E-state index in [2.05, 4.69) is 272 Å². The maximum absolute atomic E-state index is 7.00. The second kappa shape index (κ2) is 17.3. The zero-order valence-corrected chi connectivity index (χ0v) is 41.9. The summed E-state index contributed by atoms with van der Waals surface area (Å²) in [6.07, 6.45) is 6.35. The van der Waals surface area contributed by atoms with Crippen molar-refractivity contribution in [1.82, 2.24) is 9.55 Å². The van der Waals surface area contributed by atoms with Gasteiger partial charge in [-0.15, -0.1) is 0 Å². The summed E-state index contributed by atoms with van der Waals surface area (Å²) >= 11 is 0. The van der Waals surface area contributed by atoms with Crippen LogP contribution >= 0.6 is 0 Å². The minimum Gasteiger partial charge on any atom is -0.457 e. The lowest BCUT2D eigenvalue weighted by atomic mass is 9.73. The largest absolute Gasteiger partial charge is 0.457 e. The zero-order chi connectivity index (χ0) is 48.3. The van der Waals surface area contributed by atoms with Gasteiger partial charge >= 0.3 is 0 Å². The number of fused-ring (bicyclic) bond motifs is 3. The van der Waals surface area contributed by atoms with Crippen molar-refractivity contribution in [3.63, 3.8) is 0 Å². The molecule has 0 aliphatic carbocycles. The molecule has 1 aliphatic heterocycles. The van der Waals surface area contributed by atoms with E-state index in [9.17, 15) is 0 Å². The SMILES string of the molecule is CC(C)(C)c1ccnc(-n2c3ccc(C(C)(C)C)cc3c3ccc(Oc4cc(-c5ccccc5)cc(N5C=CN(c6cc(C(C)(C)c7ccccc7)cc(C(C)(C)c7ccccc7)c6)C5)c4)cc32)c1. The highest BCUT2D eigenvalue weighted by molar-refractivity contribution is 6.09. The lowest BCUT2D eigenvalue weighted by Crippen LogP contribution is -2.27. The van der Waals surface area contributed by atoms with Gasteiger partial charge in [-0.1, -0.05) is 172 Å². The van der Waals surface area contributed by atoms with Crippen LogP contribution in [0, 0.1) is 0 Å². The monoisotopic (exact) mass is 905 g/mol. The summed E-state index contributed by atoms with van der Waals surface area (Å²) in [4.78, 5) is 9.66. The van der Waals surface area contributed by atoms with Crippen LogP contribution in [0.1, 0.15) is 103 Å². The molecule has 69 heavy (non-hydrogen) atoms. The van der Waals surface area contributed by atoms with Gasteiger partial charge in [0.25, 0.3) is 0 Å². The number of aromatic nitrogens is 2. The molecule has 5 heteroatoms. The van der Waals surface area contributed by atoms with Crippen LogP contribution in [-0.2, 0) is 21.7 Å². The van der Waals surface area contributed by atoms with Gasteiger partial charge in [0.15, 0.2) is 0 Å². The van der Waals surface area contributed by atoms with Gasteiger partial charge < -0.3 is 14.5 Å². The average molecular weight is 905 g/mol. The van der Waals surface area contributed by atoms with Crippen LogP contribution in [-0.4, -0.2) is 16.2 Å². The third-order valence-corrected chi connectivity index (χ3v) is 14.4. The average Bonchev–Trinajstić information content (AvgIpc) is 3.98. The molecule has 0 unspecified atom stereocenters. The van der Waals surface area contributed by atoms with Crippen molar-refractivity contribution in [1.29, 1.82) is 0 Å². The number of hydrogen-bond donors (Lipinski definition) is 0. The van der Waals surface area contributed by atoms with Gasteiger partial charge in [0.1, 0.15) is 17.3 Å². The Balaban J connectivity index is 1.04. The summed E-state index contributed by atoms with van der Waals surface area (Å²) in [5.74, 6) is 2.42. The van der Waals surface area contributed by atoms with Crippen LogP contribution in [0.15, 0.2) is 195 Å². The molecule has 7 aromatic carbocycles. The fraction of sp³-hybridized carbons (Fsp3) is 0.234. The van der Waals surface area contributed by atoms with Gasteiger partial charge in [-0.25, -0.2) is 4.98 Å². The van der Waals surface area contributed by atoms with E-state index in [1.807, 2.05) is 6.20 Å². The van der Waals surface area contributed by atoms with Crippen molar-refractivity contribution < 1.29 is 4.74 Å². The molecule has 0 fully saturated rings. The molecule has 3 heterocycles. The quantitative estimate of drug-likeness (QED) is 0.137. The molecule has 5 nitrogen and oxygen atoms in total. The maximum Gasteiger partial charge on any atom is 0.137 e. The third-order valence-electron chi connectivity index (χ3n) is 14.4. The molecule has 0 saturated heterocycles. The van der Waals surface area contributed by atoms with Gasteiger partial charge in [-0.2, -0.15) is 0 Å². The van der Waals surface area contributed by atoms with E-state index in [0.29, 0.717) is 6.67 Å². The van der Waals surface area contributed by atoms with E-state index in [0.717, 1.165) is 50.9 Å². The first-order valence-electron chi connectivity index (χ1n) is 24.4. The normalized spacial score (nSPS) is 13.5. The van der Waals surface area contributed by atoms with Crippen molar-refractivity contribution in [2.45, 2.75) is 90.9 Å². The molecule has 1 aliphatic rings. The number of hydrogen-bond acceptors (Lipinski definition) is 4. The third kappa shape index (κ3) is 8.83. The van der Waals surface area contributed by atoms with E-state index in [1.54, 1.807) is 0 Å². The Morgan fingerprint density at radius 1 is 0.406 bits per heavy atom. The molecule has 0 saturated carbocycles. The van der Waals surface area contributed by atoms with Crippen LogP contribution < -0.4 is 14.5 Å². The molecule has 0 N–H and O–H groups in total. The number of rotatable bonds is 10. The Hall–Kier alpha value is -7.37. The molecule has 0 amide bonds. The molecule has 2 aromatic heterocycles. The van der Waals surface area contributed by atoms with E-state index in [4.69, 9.17) is 9.72 Å². The van der Waals surface area contributed by atoms with Crippen molar-refractivity contribution in [3.8, 4) is 28.4 Å². The first-order valence-corrected chi connectivity index (χ1v) is 24.4. The fourth-order valence-electron chi connectivity index (χ4n) is 9.82. The van der Waals surface area contributed by atoms with Crippen molar-refractivity contribution in [2.75, 3.05) is 16.5 Å². The highest BCUT2D eigenvalue weighted by Gasteiger charge is 2.31. The number of pyridine rings is 1. The molecule has 10 rings (SSSR count). The van der Waals surface area contributed by atoms with Crippen LogP contribution in [0.25, 0.3) is 38.8 Å². The molecule has 9 aromatic rings.